The number of aromatic amines is 1. The molecule has 18 heavy (non-hydrogen) atoms. The van der Waals surface area contributed by atoms with Crippen LogP contribution in [0.15, 0.2) is 11.3 Å². The third kappa shape index (κ3) is 1.19. The molecule has 0 amide bonds. The van der Waals surface area contributed by atoms with Gasteiger partial charge in [-0.2, -0.15) is 0 Å². The molecular formula is C13H13NO4. The zero-order valence-corrected chi connectivity index (χ0v) is 10.2. The van der Waals surface area contributed by atoms with E-state index in [9.17, 15) is 14.7 Å². The highest BCUT2D eigenvalue weighted by Gasteiger charge is 2.39. The molecule has 1 atom stereocenters. The van der Waals surface area contributed by atoms with Crippen molar-refractivity contribution in [3.8, 4) is 0 Å². The van der Waals surface area contributed by atoms with Crippen LogP contribution in [0.1, 0.15) is 51.6 Å². The van der Waals surface area contributed by atoms with Gasteiger partial charge < -0.3 is 14.8 Å². The first-order valence-electron chi connectivity index (χ1n) is 5.83. The number of hydrogen-bond donors (Lipinski definition) is 2. The molecule has 0 aliphatic heterocycles. The highest BCUT2D eigenvalue weighted by atomic mass is 16.5. The van der Waals surface area contributed by atoms with Gasteiger partial charge in [0.05, 0.1) is 24.5 Å². The summed E-state index contributed by atoms with van der Waals surface area (Å²) in [4.78, 5) is 27.3. The summed E-state index contributed by atoms with van der Waals surface area (Å²) in [6.45, 7) is 1.57. The molecule has 1 heterocycles. The zero-order chi connectivity index (χ0) is 13.0. The minimum Gasteiger partial charge on any atom is -0.492 e. The number of ether oxygens (including phenoxy) is 1. The molecule has 0 spiro atoms. The molecule has 5 nitrogen and oxygen atoms in total. The number of ketones is 2. The lowest BCUT2D eigenvalue weighted by molar-refractivity contribution is 0.0903. The number of aromatic nitrogens is 1. The summed E-state index contributed by atoms with van der Waals surface area (Å²) in [6, 6.07) is 0. The molecule has 94 valence electrons. The van der Waals surface area contributed by atoms with Gasteiger partial charge in [-0.15, -0.1) is 0 Å². The second-order valence-corrected chi connectivity index (χ2v) is 4.64. The maximum Gasteiger partial charge on any atom is 0.230 e. The number of aliphatic hydroxyl groups is 1. The van der Waals surface area contributed by atoms with Gasteiger partial charge in [0.25, 0.3) is 0 Å². The SMILES string of the molecule is COC1=C(C)C(=O)c2[nH]c3c(c2C1=O)CCC3O. The molecule has 0 saturated heterocycles. The van der Waals surface area contributed by atoms with Crippen molar-refractivity contribution < 1.29 is 19.4 Å². The van der Waals surface area contributed by atoms with Crippen LogP contribution in [0.25, 0.3) is 0 Å². The minimum atomic E-state index is -0.613. The standard InChI is InChI=1S/C13H13NO4/c1-5-11(16)10-8(12(17)13(5)18-2)6-3-4-7(15)9(6)14-10/h7,14-15H,3-4H2,1-2H3. The van der Waals surface area contributed by atoms with E-state index in [0.29, 0.717) is 35.4 Å². The number of carbonyl (C=O) groups excluding carboxylic acids is 2. The predicted molar refractivity (Wildman–Crippen MR) is 62.4 cm³/mol. The first-order valence-corrected chi connectivity index (χ1v) is 5.83. The number of nitrogens with one attached hydrogen (secondary N) is 1. The number of rotatable bonds is 1. The molecule has 2 aliphatic carbocycles. The maximum atomic E-state index is 12.3. The van der Waals surface area contributed by atoms with E-state index in [4.69, 9.17) is 4.74 Å². The summed E-state index contributed by atoms with van der Waals surface area (Å²) in [6.07, 6.45) is 0.579. The van der Waals surface area contributed by atoms with Gasteiger partial charge in [-0.25, -0.2) is 0 Å². The van der Waals surface area contributed by atoms with Gasteiger partial charge in [0.1, 0.15) is 0 Å². The summed E-state index contributed by atoms with van der Waals surface area (Å²) in [5.74, 6) is -0.394. The maximum absolute atomic E-state index is 12.3. The van der Waals surface area contributed by atoms with Crippen LogP contribution in [-0.4, -0.2) is 28.8 Å². The van der Waals surface area contributed by atoms with Crippen molar-refractivity contribution in [1.29, 1.82) is 0 Å². The molecular weight excluding hydrogens is 234 g/mol. The largest absolute Gasteiger partial charge is 0.492 e. The molecule has 0 bridgehead atoms. The third-order valence-corrected chi connectivity index (χ3v) is 3.68. The Balaban J connectivity index is 2.25. The molecule has 2 aliphatic rings. The number of aliphatic hydroxyl groups excluding tert-OH is 1. The average Bonchev–Trinajstić information content (AvgIpc) is 2.88. The number of H-pyrrole nitrogens is 1. The Morgan fingerprint density at radius 3 is 2.72 bits per heavy atom. The lowest BCUT2D eigenvalue weighted by Crippen LogP contribution is -2.22. The van der Waals surface area contributed by atoms with Crippen molar-refractivity contribution in [2.75, 3.05) is 7.11 Å². The lowest BCUT2D eigenvalue weighted by Gasteiger charge is -2.15. The van der Waals surface area contributed by atoms with Gasteiger partial charge in [-0.3, -0.25) is 9.59 Å². The number of allylic oxidation sites excluding steroid dienone is 2. The summed E-state index contributed by atoms with van der Waals surface area (Å²) in [5.41, 5.74) is 2.35. The average molecular weight is 247 g/mol. The lowest BCUT2D eigenvalue weighted by atomic mass is 9.91. The van der Waals surface area contributed by atoms with Crippen molar-refractivity contribution in [2.24, 2.45) is 0 Å². The van der Waals surface area contributed by atoms with E-state index in [1.54, 1.807) is 6.92 Å². The quantitative estimate of drug-likeness (QED) is 0.783. The molecule has 5 heteroatoms. The van der Waals surface area contributed by atoms with Gasteiger partial charge in [0, 0.05) is 11.3 Å². The van der Waals surface area contributed by atoms with Crippen LogP contribution in [0, 0.1) is 0 Å². The summed E-state index contributed by atoms with van der Waals surface area (Å²) in [5, 5.41) is 9.79. The molecule has 0 radical (unpaired) electrons. The molecule has 1 unspecified atom stereocenters. The summed E-state index contributed by atoms with van der Waals surface area (Å²) in [7, 11) is 1.39. The number of carbonyl (C=O) groups is 2. The molecule has 0 fully saturated rings. The van der Waals surface area contributed by atoms with Crippen LogP contribution < -0.4 is 0 Å². The monoisotopic (exact) mass is 247 g/mol. The highest BCUT2D eigenvalue weighted by Crippen LogP contribution is 2.38. The van der Waals surface area contributed by atoms with Crippen LogP contribution in [-0.2, 0) is 11.2 Å². The van der Waals surface area contributed by atoms with E-state index in [1.807, 2.05) is 0 Å². The van der Waals surface area contributed by atoms with Gasteiger partial charge >= 0.3 is 0 Å². The molecule has 2 N–H and O–H groups in total. The minimum absolute atomic E-state index is 0.107. The smallest absolute Gasteiger partial charge is 0.230 e. The van der Waals surface area contributed by atoms with Gasteiger partial charge in [0.2, 0.25) is 11.6 Å². The van der Waals surface area contributed by atoms with Crippen molar-refractivity contribution in [2.45, 2.75) is 25.9 Å². The fourth-order valence-corrected chi connectivity index (χ4v) is 2.77. The zero-order valence-electron chi connectivity index (χ0n) is 10.2. The Morgan fingerprint density at radius 2 is 2.06 bits per heavy atom. The van der Waals surface area contributed by atoms with E-state index in [0.717, 1.165) is 5.56 Å². The summed E-state index contributed by atoms with van der Waals surface area (Å²) >= 11 is 0. The molecule has 0 aromatic carbocycles. The Kier molecular flexibility index (Phi) is 2.22. The number of fused-ring (bicyclic) bond motifs is 3. The second kappa shape index (κ2) is 3.55. The van der Waals surface area contributed by atoms with Gasteiger partial charge in [-0.1, -0.05) is 0 Å². The van der Waals surface area contributed by atoms with Gasteiger partial charge in [-0.05, 0) is 25.3 Å². The Labute approximate surface area is 103 Å². The molecule has 0 saturated carbocycles. The molecule has 1 aromatic rings. The van der Waals surface area contributed by atoms with E-state index >= 15 is 0 Å². The highest BCUT2D eigenvalue weighted by molar-refractivity contribution is 6.26. The molecule has 3 rings (SSSR count). The molecule has 1 aromatic heterocycles. The van der Waals surface area contributed by atoms with Crippen LogP contribution in [0.2, 0.25) is 0 Å². The van der Waals surface area contributed by atoms with E-state index in [-0.39, 0.29) is 17.3 Å². The first-order chi connectivity index (χ1) is 8.56. The topological polar surface area (TPSA) is 79.4 Å². The van der Waals surface area contributed by atoms with Crippen molar-refractivity contribution in [1.82, 2.24) is 4.98 Å². The van der Waals surface area contributed by atoms with E-state index in [1.165, 1.54) is 7.11 Å². The van der Waals surface area contributed by atoms with Crippen LogP contribution in [0.3, 0.4) is 0 Å². The Morgan fingerprint density at radius 1 is 1.33 bits per heavy atom. The first kappa shape index (κ1) is 11.2. The van der Waals surface area contributed by atoms with Crippen LogP contribution >= 0.6 is 0 Å². The van der Waals surface area contributed by atoms with E-state index < -0.39 is 6.10 Å². The van der Waals surface area contributed by atoms with Gasteiger partial charge in [0.15, 0.2) is 5.76 Å². The van der Waals surface area contributed by atoms with Crippen molar-refractivity contribution >= 4 is 11.6 Å². The summed E-state index contributed by atoms with van der Waals surface area (Å²) < 4.78 is 5.03. The van der Waals surface area contributed by atoms with Crippen molar-refractivity contribution in [3.05, 3.63) is 33.8 Å². The Bertz CT molecular complexity index is 609. The fraction of sp³-hybridized carbons (Fsp3) is 0.385. The number of Topliss-reactive ketones (excluding diaryl/α,β-unsaturated/α-hetero) is 2. The third-order valence-electron chi connectivity index (χ3n) is 3.68. The fourth-order valence-electron chi connectivity index (χ4n) is 2.77. The normalized spacial score (nSPS) is 22.3. The van der Waals surface area contributed by atoms with Crippen LogP contribution in [0.5, 0.6) is 0 Å². The second-order valence-electron chi connectivity index (χ2n) is 4.64. The van der Waals surface area contributed by atoms with Crippen molar-refractivity contribution in [3.63, 3.8) is 0 Å². The predicted octanol–water partition coefficient (Wildman–Crippen LogP) is 1.29. The van der Waals surface area contributed by atoms with E-state index in [2.05, 4.69) is 4.98 Å². The van der Waals surface area contributed by atoms with Crippen LogP contribution in [0.4, 0.5) is 0 Å². The Hall–Kier alpha value is -1.88. The number of hydrogen-bond acceptors (Lipinski definition) is 4. The number of methoxy groups -OCH3 is 1.